The van der Waals surface area contributed by atoms with Gasteiger partial charge in [-0.15, -0.1) is 0 Å². The minimum Gasteiger partial charge on any atom is -0.494 e. The molecule has 0 bridgehead atoms. The normalized spacial score (nSPS) is 16.2. The van der Waals surface area contributed by atoms with E-state index in [1.54, 1.807) is 0 Å². The van der Waals surface area contributed by atoms with Crippen molar-refractivity contribution < 1.29 is 9.53 Å². The Bertz CT molecular complexity index is 1350. The number of hydrogen-bond acceptors (Lipinski definition) is 3. The second-order valence-electron chi connectivity index (χ2n) is 10.8. The SMILES string of the molecule is Cc1ccc(N2CC(c3nc4ccccc4n3CCCOc3ccc(C(C)(C)C)cc3)CC2=O)cc1. The van der Waals surface area contributed by atoms with E-state index in [4.69, 9.17) is 9.72 Å². The van der Waals surface area contributed by atoms with E-state index in [2.05, 4.69) is 86.9 Å². The van der Waals surface area contributed by atoms with Crippen LogP contribution in [0.25, 0.3) is 11.0 Å². The molecule has 3 aromatic carbocycles. The second kappa shape index (κ2) is 9.81. The van der Waals surface area contributed by atoms with Crippen molar-refractivity contribution in [2.75, 3.05) is 18.1 Å². The van der Waals surface area contributed by atoms with Crippen LogP contribution in [0.3, 0.4) is 0 Å². The second-order valence-corrected chi connectivity index (χ2v) is 10.8. The third-order valence-corrected chi connectivity index (χ3v) is 7.04. The highest BCUT2D eigenvalue weighted by Gasteiger charge is 2.34. The standard InChI is InChI=1S/C31H35N3O2/c1-22-10-14-25(15-11-22)34-21-23(20-29(34)35)30-32-27-8-5-6-9-28(27)33(30)18-7-19-36-26-16-12-24(13-17-26)31(2,3)4/h5-6,8-17,23H,7,18-21H2,1-4H3. The number of aryl methyl sites for hydroxylation is 2. The molecule has 1 unspecified atom stereocenters. The minimum absolute atomic E-state index is 0.0667. The number of fused-ring (bicyclic) bond motifs is 1. The maximum atomic E-state index is 12.9. The summed E-state index contributed by atoms with van der Waals surface area (Å²) in [5.74, 6) is 2.11. The fourth-order valence-electron chi connectivity index (χ4n) is 4.96. The molecule has 1 aliphatic heterocycles. The lowest BCUT2D eigenvalue weighted by molar-refractivity contribution is -0.117. The highest BCUT2D eigenvalue weighted by atomic mass is 16.5. The van der Waals surface area contributed by atoms with Crippen molar-refractivity contribution in [1.82, 2.24) is 9.55 Å². The predicted molar refractivity (Wildman–Crippen MR) is 146 cm³/mol. The minimum atomic E-state index is 0.0667. The Hall–Kier alpha value is -3.60. The van der Waals surface area contributed by atoms with Crippen molar-refractivity contribution >= 4 is 22.6 Å². The molecule has 2 heterocycles. The Morgan fingerprint density at radius 3 is 2.42 bits per heavy atom. The van der Waals surface area contributed by atoms with Crippen molar-refractivity contribution in [2.24, 2.45) is 0 Å². The summed E-state index contributed by atoms with van der Waals surface area (Å²) in [4.78, 5) is 19.8. The fraction of sp³-hybridized carbons (Fsp3) is 0.355. The Morgan fingerprint density at radius 2 is 1.69 bits per heavy atom. The van der Waals surface area contributed by atoms with Crippen LogP contribution in [0.2, 0.25) is 0 Å². The van der Waals surface area contributed by atoms with E-state index < -0.39 is 0 Å². The van der Waals surface area contributed by atoms with E-state index in [1.807, 2.05) is 23.1 Å². The van der Waals surface area contributed by atoms with Crippen molar-refractivity contribution in [3.05, 3.63) is 89.7 Å². The van der Waals surface area contributed by atoms with E-state index in [-0.39, 0.29) is 17.2 Å². The highest BCUT2D eigenvalue weighted by molar-refractivity contribution is 5.96. The van der Waals surface area contributed by atoms with Crippen LogP contribution in [0.4, 0.5) is 5.69 Å². The first-order valence-electron chi connectivity index (χ1n) is 12.8. The van der Waals surface area contributed by atoms with E-state index in [9.17, 15) is 4.79 Å². The molecule has 0 N–H and O–H groups in total. The van der Waals surface area contributed by atoms with Gasteiger partial charge >= 0.3 is 0 Å². The zero-order valence-corrected chi connectivity index (χ0v) is 21.7. The first-order chi connectivity index (χ1) is 17.3. The van der Waals surface area contributed by atoms with Gasteiger partial charge in [-0.2, -0.15) is 0 Å². The lowest BCUT2D eigenvalue weighted by Gasteiger charge is -2.19. The van der Waals surface area contributed by atoms with Crippen molar-refractivity contribution in [2.45, 2.75) is 58.4 Å². The molecule has 0 saturated carbocycles. The average molecular weight is 482 g/mol. The Balaban J connectivity index is 1.29. The lowest BCUT2D eigenvalue weighted by Crippen LogP contribution is -2.24. The molecule has 0 spiro atoms. The molecule has 5 rings (SSSR count). The van der Waals surface area contributed by atoms with Crippen LogP contribution in [0, 0.1) is 6.92 Å². The van der Waals surface area contributed by atoms with Gasteiger partial charge in [-0.25, -0.2) is 4.98 Å². The summed E-state index contributed by atoms with van der Waals surface area (Å²) in [6.45, 7) is 10.8. The number of hydrogen-bond donors (Lipinski definition) is 0. The maximum Gasteiger partial charge on any atom is 0.227 e. The molecule has 1 aliphatic rings. The summed E-state index contributed by atoms with van der Waals surface area (Å²) in [6, 6.07) is 24.8. The molecule has 36 heavy (non-hydrogen) atoms. The summed E-state index contributed by atoms with van der Waals surface area (Å²) in [5, 5.41) is 0. The monoisotopic (exact) mass is 481 g/mol. The number of anilines is 1. The van der Waals surface area contributed by atoms with Gasteiger partial charge in [0, 0.05) is 31.1 Å². The zero-order valence-electron chi connectivity index (χ0n) is 21.7. The molecule has 1 fully saturated rings. The Morgan fingerprint density at radius 1 is 0.972 bits per heavy atom. The van der Waals surface area contributed by atoms with Crippen LogP contribution in [-0.4, -0.2) is 28.6 Å². The molecular formula is C31H35N3O2. The molecule has 0 radical (unpaired) electrons. The number of para-hydroxylation sites is 2. The van der Waals surface area contributed by atoms with Crippen molar-refractivity contribution in [3.8, 4) is 5.75 Å². The van der Waals surface area contributed by atoms with Gasteiger partial charge in [-0.1, -0.05) is 62.7 Å². The molecule has 1 saturated heterocycles. The summed E-state index contributed by atoms with van der Waals surface area (Å²) < 4.78 is 8.34. The number of amides is 1. The number of carbonyl (C=O) groups excluding carboxylic acids is 1. The Labute approximate surface area is 213 Å². The topological polar surface area (TPSA) is 47.4 Å². The summed E-state index contributed by atoms with van der Waals surface area (Å²) in [6.07, 6.45) is 1.34. The van der Waals surface area contributed by atoms with Gasteiger partial charge in [0.1, 0.15) is 11.6 Å². The van der Waals surface area contributed by atoms with Gasteiger partial charge in [0.15, 0.2) is 0 Å². The van der Waals surface area contributed by atoms with E-state index >= 15 is 0 Å². The maximum absolute atomic E-state index is 12.9. The van der Waals surface area contributed by atoms with E-state index in [1.165, 1.54) is 11.1 Å². The fourth-order valence-corrected chi connectivity index (χ4v) is 4.96. The lowest BCUT2D eigenvalue weighted by atomic mass is 9.87. The summed E-state index contributed by atoms with van der Waals surface area (Å²) >= 11 is 0. The van der Waals surface area contributed by atoms with Crippen LogP contribution in [0.5, 0.6) is 5.75 Å². The van der Waals surface area contributed by atoms with Gasteiger partial charge in [-0.3, -0.25) is 4.79 Å². The first kappa shape index (κ1) is 24.1. The van der Waals surface area contributed by atoms with Crippen molar-refractivity contribution in [3.63, 3.8) is 0 Å². The quantitative estimate of drug-likeness (QED) is 0.278. The number of nitrogens with zero attached hydrogens (tertiary/aromatic N) is 3. The van der Waals surface area contributed by atoms with Crippen LogP contribution >= 0.6 is 0 Å². The molecule has 1 aromatic heterocycles. The third-order valence-electron chi connectivity index (χ3n) is 7.04. The van der Waals surface area contributed by atoms with Crippen LogP contribution in [0.15, 0.2) is 72.8 Å². The molecular weight excluding hydrogens is 446 g/mol. The van der Waals surface area contributed by atoms with Gasteiger partial charge in [0.05, 0.1) is 17.6 Å². The molecule has 5 heteroatoms. The number of benzene rings is 3. The zero-order chi connectivity index (χ0) is 25.3. The summed E-state index contributed by atoms with van der Waals surface area (Å²) in [7, 11) is 0. The number of carbonyl (C=O) groups is 1. The van der Waals surface area contributed by atoms with Gasteiger partial charge in [0.2, 0.25) is 5.91 Å². The molecule has 0 aliphatic carbocycles. The molecule has 4 aromatic rings. The highest BCUT2D eigenvalue weighted by Crippen LogP contribution is 2.33. The molecule has 1 atom stereocenters. The first-order valence-corrected chi connectivity index (χ1v) is 12.8. The van der Waals surface area contributed by atoms with Gasteiger partial charge < -0.3 is 14.2 Å². The largest absolute Gasteiger partial charge is 0.494 e. The van der Waals surface area contributed by atoms with Crippen LogP contribution < -0.4 is 9.64 Å². The third kappa shape index (κ3) is 5.01. The molecule has 1 amide bonds. The van der Waals surface area contributed by atoms with Gasteiger partial charge in [0.25, 0.3) is 0 Å². The molecule has 186 valence electrons. The number of aromatic nitrogens is 2. The van der Waals surface area contributed by atoms with Crippen LogP contribution in [-0.2, 0) is 16.8 Å². The van der Waals surface area contributed by atoms with Crippen LogP contribution in [0.1, 0.15) is 56.5 Å². The van der Waals surface area contributed by atoms with E-state index in [0.717, 1.165) is 41.3 Å². The van der Waals surface area contributed by atoms with Gasteiger partial charge in [-0.05, 0) is 60.7 Å². The predicted octanol–water partition coefficient (Wildman–Crippen LogP) is 6.63. The average Bonchev–Trinajstić information content (AvgIpc) is 3.42. The van der Waals surface area contributed by atoms with E-state index in [0.29, 0.717) is 19.6 Å². The number of rotatable bonds is 7. The number of ether oxygens (including phenoxy) is 1. The molecule has 5 nitrogen and oxygen atoms in total. The van der Waals surface area contributed by atoms with Crippen molar-refractivity contribution in [1.29, 1.82) is 0 Å². The number of imidazole rings is 1. The Kier molecular flexibility index (Phi) is 6.57. The summed E-state index contributed by atoms with van der Waals surface area (Å²) in [5.41, 5.74) is 5.68. The smallest absolute Gasteiger partial charge is 0.227 e.